The van der Waals surface area contributed by atoms with Gasteiger partial charge < -0.3 is 5.32 Å². The smallest absolute Gasteiger partial charge is 0.342 e. The Morgan fingerprint density at radius 3 is 2.88 bits per heavy atom. The molecule has 0 bridgehead atoms. The van der Waals surface area contributed by atoms with Gasteiger partial charge in [-0.15, -0.1) is 5.10 Å². The second kappa shape index (κ2) is 4.65. The van der Waals surface area contributed by atoms with Crippen LogP contribution in [0.15, 0.2) is 33.9 Å². The summed E-state index contributed by atoms with van der Waals surface area (Å²) in [7, 11) is 0. The van der Waals surface area contributed by atoms with Crippen molar-refractivity contribution in [3.8, 4) is 0 Å². The maximum atomic E-state index is 11.3. The zero-order chi connectivity index (χ0) is 12.3. The fourth-order valence-electron chi connectivity index (χ4n) is 1.48. The molecule has 1 aromatic carbocycles. The normalized spacial score (nSPS) is 10.2. The number of hydrogen-bond donors (Lipinski definition) is 3. The van der Waals surface area contributed by atoms with E-state index in [1.54, 1.807) is 0 Å². The van der Waals surface area contributed by atoms with Crippen LogP contribution in [0.1, 0.15) is 11.1 Å². The second-order valence-corrected chi connectivity index (χ2v) is 3.70. The lowest BCUT2D eigenvalue weighted by Crippen LogP contribution is -2.26. The van der Waals surface area contributed by atoms with Gasteiger partial charge in [0.05, 0.1) is 0 Å². The van der Waals surface area contributed by atoms with Gasteiger partial charge in [-0.2, -0.15) is 0 Å². The minimum atomic E-state index is -0.615. The van der Waals surface area contributed by atoms with Gasteiger partial charge in [0.2, 0.25) is 5.82 Å². The molecule has 0 amide bonds. The molecule has 0 spiro atoms. The molecule has 0 radical (unpaired) electrons. The van der Waals surface area contributed by atoms with E-state index in [9.17, 15) is 9.59 Å². The van der Waals surface area contributed by atoms with Gasteiger partial charge in [-0.3, -0.25) is 9.78 Å². The van der Waals surface area contributed by atoms with Crippen LogP contribution in [0.4, 0.5) is 5.82 Å². The summed E-state index contributed by atoms with van der Waals surface area (Å²) in [5, 5.41) is 8.65. The van der Waals surface area contributed by atoms with Gasteiger partial charge in [0.15, 0.2) is 0 Å². The Bertz CT molecular complexity index is 630. The minimum absolute atomic E-state index is 0.103. The van der Waals surface area contributed by atoms with Crippen LogP contribution in [0.3, 0.4) is 0 Å². The van der Waals surface area contributed by atoms with Gasteiger partial charge in [-0.25, -0.2) is 9.89 Å². The molecule has 6 nitrogen and oxygen atoms in total. The van der Waals surface area contributed by atoms with E-state index >= 15 is 0 Å². The molecule has 0 fully saturated rings. The van der Waals surface area contributed by atoms with Gasteiger partial charge in [-0.05, 0) is 12.5 Å². The minimum Gasteiger partial charge on any atom is -0.360 e. The molecule has 0 saturated carbocycles. The Balaban J connectivity index is 2.12. The number of hydrogen-bond acceptors (Lipinski definition) is 4. The Labute approximate surface area is 96.7 Å². The fourth-order valence-corrected chi connectivity index (χ4v) is 1.48. The molecule has 2 aromatic rings. The zero-order valence-electron chi connectivity index (χ0n) is 9.28. The van der Waals surface area contributed by atoms with Crippen LogP contribution < -0.4 is 16.6 Å². The standard InChI is InChI=1S/C11H12N4O2/c1-7-3-2-4-8(5-7)6-12-9-10(16)13-11(17)15-14-9/h2-5H,6H2,1H3,(H,12,14)(H2,13,15,16,17). The summed E-state index contributed by atoms with van der Waals surface area (Å²) >= 11 is 0. The lowest BCUT2D eigenvalue weighted by atomic mass is 10.1. The van der Waals surface area contributed by atoms with E-state index in [0.29, 0.717) is 6.54 Å². The van der Waals surface area contributed by atoms with Crippen LogP contribution in [0.25, 0.3) is 0 Å². The molecule has 0 aliphatic rings. The Kier molecular flexibility index (Phi) is 3.04. The zero-order valence-corrected chi connectivity index (χ0v) is 9.28. The topological polar surface area (TPSA) is 90.6 Å². The van der Waals surface area contributed by atoms with E-state index in [1.807, 2.05) is 31.2 Å². The molecule has 1 aromatic heterocycles. The number of H-pyrrole nitrogens is 2. The third kappa shape index (κ3) is 2.81. The molecule has 6 heteroatoms. The van der Waals surface area contributed by atoms with Crippen molar-refractivity contribution >= 4 is 5.82 Å². The molecule has 1 heterocycles. The SMILES string of the molecule is Cc1cccc(CNc2n[nH]c(=O)[nH]c2=O)c1. The first-order valence-corrected chi connectivity index (χ1v) is 5.13. The van der Waals surface area contributed by atoms with E-state index in [2.05, 4.69) is 20.5 Å². The van der Waals surface area contributed by atoms with Crippen LogP contribution in [0.5, 0.6) is 0 Å². The monoisotopic (exact) mass is 232 g/mol. The van der Waals surface area contributed by atoms with Crippen LogP contribution in [-0.4, -0.2) is 15.2 Å². The summed E-state index contributed by atoms with van der Waals surface area (Å²) in [4.78, 5) is 24.2. The number of rotatable bonds is 3. The summed E-state index contributed by atoms with van der Waals surface area (Å²) in [6.45, 7) is 2.47. The summed E-state index contributed by atoms with van der Waals surface area (Å²) in [6, 6.07) is 7.89. The number of aromatic nitrogens is 3. The van der Waals surface area contributed by atoms with Crippen LogP contribution >= 0.6 is 0 Å². The van der Waals surface area contributed by atoms with E-state index in [1.165, 1.54) is 0 Å². The van der Waals surface area contributed by atoms with Gasteiger partial charge in [0.25, 0.3) is 5.56 Å². The highest BCUT2D eigenvalue weighted by atomic mass is 16.2. The van der Waals surface area contributed by atoms with E-state index in [0.717, 1.165) is 11.1 Å². The van der Waals surface area contributed by atoms with Gasteiger partial charge >= 0.3 is 5.69 Å². The molecule has 0 aliphatic heterocycles. The van der Waals surface area contributed by atoms with Crippen LogP contribution in [0, 0.1) is 6.92 Å². The lowest BCUT2D eigenvalue weighted by molar-refractivity contribution is 0.882. The molecule has 0 unspecified atom stereocenters. The van der Waals surface area contributed by atoms with Crippen molar-refractivity contribution in [2.24, 2.45) is 0 Å². The highest BCUT2D eigenvalue weighted by molar-refractivity contribution is 5.32. The highest BCUT2D eigenvalue weighted by Gasteiger charge is 2.01. The third-order valence-electron chi connectivity index (χ3n) is 2.25. The van der Waals surface area contributed by atoms with Crippen LogP contribution in [0.2, 0.25) is 0 Å². The molecule has 0 saturated heterocycles. The van der Waals surface area contributed by atoms with Crippen molar-refractivity contribution in [2.75, 3.05) is 5.32 Å². The van der Waals surface area contributed by atoms with E-state index in [-0.39, 0.29) is 5.82 Å². The van der Waals surface area contributed by atoms with Gasteiger partial charge in [0.1, 0.15) is 0 Å². The first kappa shape index (κ1) is 11.1. The summed E-state index contributed by atoms with van der Waals surface area (Å²) in [5.41, 5.74) is 1.04. The Morgan fingerprint density at radius 2 is 2.18 bits per heavy atom. The largest absolute Gasteiger partial charge is 0.360 e. The number of nitrogens with one attached hydrogen (secondary N) is 3. The van der Waals surface area contributed by atoms with Gasteiger partial charge in [0, 0.05) is 6.54 Å². The fraction of sp³-hybridized carbons (Fsp3) is 0.182. The van der Waals surface area contributed by atoms with E-state index in [4.69, 9.17) is 0 Å². The summed E-state index contributed by atoms with van der Waals surface area (Å²) in [5.74, 6) is 0.103. The average molecular weight is 232 g/mol. The molecule has 2 rings (SSSR count). The maximum Gasteiger partial charge on any atom is 0.342 e. The van der Waals surface area contributed by atoms with Crippen molar-refractivity contribution in [3.63, 3.8) is 0 Å². The molecule has 17 heavy (non-hydrogen) atoms. The van der Waals surface area contributed by atoms with Crippen molar-refractivity contribution in [2.45, 2.75) is 13.5 Å². The predicted octanol–water partition coefficient (Wildman–Crippen LogP) is 0.379. The summed E-state index contributed by atoms with van der Waals surface area (Å²) in [6.07, 6.45) is 0. The molecular weight excluding hydrogens is 220 g/mol. The maximum absolute atomic E-state index is 11.3. The molecule has 0 atom stereocenters. The van der Waals surface area contributed by atoms with Crippen molar-refractivity contribution in [1.82, 2.24) is 15.2 Å². The molecule has 0 aliphatic carbocycles. The van der Waals surface area contributed by atoms with Gasteiger partial charge in [-0.1, -0.05) is 29.8 Å². The Morgan fingerprint density at radius 1 is 1.35 bits per heavy atom. The van der Waals surface area contributed by atoms with Crippen LogP contribution in [-0.2, 0) is 6.54 Å². The average Bonchev–Trinajstić information content (AvgIpc) is 2.28. The second-order valence-electron chi connectivity index (χ2n) is 3.70. The van der Waals surface area contributed by atoms with Crippen molar-refractivity contribution < 1.29 is 0 Å². The van der Waals surface area contributed by atoms with Crippen molar-refractivity contribution in [1.29, 1.82) is 0 Å². The van der Waals surface area contributed by atoms with E-state index < -0.39 is 11.2 Å². The highest BCUT2D eigenvalue weighted by Crippen LogP contribution is 2.04. The molecule has 88 valence electrons. The number of anilines is 1. The molecule has 3 N–H and O–H groups in total. The third-order valence-corrected chi connectivity index (χ3v) is 2.25. The first-order chi connectivity index (χ1) is 8.15. The number of aryl methyl sites for hydroxylation is 1. The Hall–Kier alpha value is -2.37. The molecular formula is C11H12N4O2. The first-order valence-electron chi connectivity index (χ1n) is 5.13. The predicted molar refractivity (Wildman–Crippen MR) is 64.0 cm³/mol. The van der Waals surface area contributed by atoms with Crippen molar-refractivity contribution in [3.05, 3.63) is 56.2 Å². The number of benzene rings is 1. The number of aromatic amines is 2. The quantitative estimate of drug-likeness (QED) is 0.713. The number of nitrogens with zero attached hydrogens (tertiary/aromatic N) is 1. The summed E-state index contributed by atoms with van der Waals surface area (Å²) < 4.78 is 0. The lowest BCUT2D eigenvalue weighted by Gasteiger charge is -2.04.